The van der Waals surface area contributed by atoms with E-state index >= 15 is 0 Å². The van der Waals surface area contributed by atoms with E-state index in [9.17, 15) is 9.18 Å². The van der Waals surface area contributed by atoms with Gasteiger partial charge in [-0.15, -0.1) is 0 Å². The molecule has 3 nitrogen and oxygen atoms in total. The Hall–Kier alpha value is -2.23. The number of carbonyl (C=O) groups is 1. The lowest BCUT2D eigenvalue weighted by Crippen LogP contribution is -2.21. The number of ketones is 1. The number of nitrogens with zero attached hydrogens (tertiary/aromatic N) is 2. The zero-order valence-corrected chi connectivity index (χ0v) is 11.6. The Kier molecular flexibility index (Phi) is 4.45. The first-order valence-corrected chi connectivity index (χ1v) is 6.48. The normalized spacial score (nSPS) is 10.3. The lowest BCUT2D eigenvalue weighted by Gasteiger charge is -2.20. The van der Waals surface area contributed by atoms with E-state index in [-0.39, 0.29) is 11.6 Å². The van der Waals surface area contributed by atoms with E-state index in [1.165, 1.54) is 19.1 Å². The van der Waals surface area contributed by atoms with Gasteiger partial charge in [0, 0.05) is 31.5 Å². The second kappa shape index (κ2) is 6.28. The maximum absolute atomic E-state index is 13.8. The van der Waals surface area contributed by atoms with Gasteiger partial charge in [0.2, 0.25) is 0 Å². The molecule has 0 aliphatic rings. The fourth-order valence-electron chi connectivity index (χ4n) is 1.99. The van der Waals surface area contributed by atoms with E-state index in [0.29, 0.717) is 17.8 Å². The molecule has 20 heavy (non-hydrogen) atoms. The molecule has 104 valence electrons. The molecule has 0 amide bonds. The van der Waals surface area contributed by atoms with Crippen LogP contribution in [0.3, 0.4) is 0 Å². The summed E-state index contributed by atoms with van der Waals surface area (Å²) < 4.78 is 13.8. The highest BCUT2D eigenvalue weighted by atomic mass is 19.1. The van der Waals surface area contributed by atoms with Gasteiger partial charge in [-0.3, -0.25) is 9.78 Å². The minimum atomic E-state index is -0.313. The Balaban J connectivity index is 2.10. The van der Waals surface area contributed by atoms with Crippen LogP contribution in [0.15, 0.2) is 42.7 Å². The van der Waals surface area contributed by atoms with Crippen LogP contribution >= 0.6 is 0 Å². The van der Waals surface area contributed by atoms with E-state index in [0.717, 1.165) is 12.0 Å². The van der Waals surface area contributed by atoms with Crippen LogP contribution in [0, 0.1) is 5.82 Å². The van der Waals surface area contributed by atoms with Gasteiger partial charge < -0.3 is 4.90 Å². The molecule has 2 rings (SSSR count). The highest BCUT2D eigenvalue weighted by Gasteiger charge is 2.10. The van der Waals surface area contributed by atoms with Crippen molar-refractivity contribution >= 4 is 11.5 Å². The molecule has 0 aliphatic heterocycles. The Bertz CT molecular complexity index is 599. The van der Waals surface area contributed by atoms with Crippen molar-refractivity contribution in [3.05, 3.63) is 59.7 Å². The number of hydrogen-bond acceptors (Lipinski definition) is 3. The summed E-state index contributed by atoms with van der Waals surface area (Å²) in [4.78, 5) is 17.1. The van der Waals surface area contributed by atoms with Gasteiger partial charge in [0.25, 0.3) is 0 Å². The molecule has 0 fully saturated rings. The summed E-state index contributed by atoms with van der Waals surface area (Å²) in [5.41, 5.74) is 2.12. The molecule has 0 saturated heterocycles. The molecule has 0 bridgehead atoms. The number of hydrogen-bond donors (Lipinski definition) is 0. The van der Waals surface area contributed by atoms with Crippen LogP contribution in [-0.4, -0.2) is 24.4 Å². The molecule has 2 aromatic rings. The van der Waals surface area contributed by atoms with Crippen LogP contribution in [0.1, 0.15) is 22.8 Å². The number of likely N-dealkylation sites (N-methyl/N-ethyl adjacent to an activating group) is 1. The Morgan fingerprint density at radius 3 is 2.60 bits per heavy atom. The molecule has 1 aromatic heterocycles. The van der Waals surface area contributed by atoms with Crippen LogP contribution in [0.4, 0.5) is 10.1 Å². The van der Waals surface area contributed by atoms with Gasteiger partial charge in [-0.2, -0.15) is 0 Å². The lowest BCUT2D eigenvalue weighted by atomic mass is 10.1. The molecule has 0 unspecified atom stereocenters. The largest absolute Gasteiger partial charge is 0.372 e. The summed E-state index contributed by atoms with van der Waals surface area (Å²) in [6.45, 7) is 2.15. The molecule has 1 heterocycles. The fraction of sp³-hybridized carbons (Fsp3) is 0.250. The molecular weight excluding hydrogens is 255 g/mol. The van der Waals surface area contributed by atoms with Crippen molar-refractivity contribution < 1.29 is 9.18 Å². The molecule has 0 radical (unpaired) electrons. The van der Waals surface area contributed by atoms with Gasteiger partial charge in [0.1, 0.15) is 5.82 Å². The monoisotopic (exact) mass is 272 g/mol. The van der Waals surface area contributed by atoms with Crippen molar-refractivity contribution in [3.63, 3.8) is 0 Å². The van der Waals surface area contributed by atoms with E-state index in [4.69, 9.17) is 0 Å². The second-order valence-electron chi connectivity index (χ2n) is 4.75. The topological polar surface area (TPSA) is 33.2 Å². The third-order valence-corrected chi connectivity index (χ3v) is 3.25. The second-order valence-corrected chi connectivity index (χ2v) is 4.75. The first-order valence-electron chi connectivity index (χ1n) is 6.48. The summed E-state index contributed by atoms with van der Waals surface area (Å²) in [5, 5.41) is 0. The quantitative estimate of drug-likeness (QED) is 0.784. The van der Waals surface area contributed by atoms with Crippen molar-refractivity contribution in [2.75, 3.05) is 18.5 Å². The zero-order valence-electron chi connectivity index (χ0n) is 11.6. The first kappa shape index (κ1) is 14.2. The van der Waals surface area contributed by atoms with Crippen LogP contribution in [0.2, 0.25) is 0 Å². The molecule has 0 saturated carbocycles. The van der Waals surface area contributed by atoms with Gasteiger partial charge >= 0.3 is 0 Å². The summed E-state index contributed by atoms with van der Waals surface area (Å²) in [6.07, 6.45) is 4.28. The predicted molar refractivity (Wildman–Crippen MR) is 77.6 cm³/mol. The van der Waals surface area contributed by atoms with Gasteiger partial charge in [0.15, 0.2) is 5.78 Å². The van der Waals surface area contributed by atoms with Crippen LogP contribution in [-0.2, 0) is 6.42 Å². The SMILES string of the molecule is CC(=O)c1ccc(F)c(N(C)CCc2ccncc2)c1. The van der Waals surface area contributed by atoms with Crippen LogP contribution < -0.4 is 4.90 Å². The van der Waals surface area contributed by atoms with Gasteiger partial charge in [-0.1, -0.05) is 0 Å². The van der Waals surface area contributed by atoms with Crippen molar-refractivity contribution in [2.24, 2.45) is 0 Å². The van der Waals surface area contributed by atoms with Gasteiger partial charge in [0.05, 0.1) is 5.69 Å². The van der Waals surface area contributed by atoms with Crippen molar-refractivity contribution in [1.82, 2.24) is 4.98 Å². The predicted octanol–water partition coefficient (Wildman–Crippen LogP) is 3.10. The van der Waals surface area contributed by atoms with Crippen molar-refractivity contribution in [1.29, 1.82) is 0 Å². The third-order valence-electron chi connectivity index (χ3n) is 3.25. The standard InChI is InChI=1S/C16H17FN2O/c1-12(20)14-3-4-15(17)16(11-14)19(2)10-7-13-5-8-18-9-6-13/h3-6,8-9,11H,7,10H2,1-2H3. The van der Waals surface area contributed by atoms with Crippen molar-refractivity contribution in [3.8, 4) is 0 Å². The third kappa shape index (κ3) is 3.41. The van der Waals surface area contributed by atoms with Crippen LogP contribution in [0.5, 0.6) is 0 Å². The lowest BCUT2D eigenvalue weighted by molar-refractivity contribution is 0.101. The maximum Gasteiger partial charge on any atom is 0.159 e. The Morgan fingerprint density at radius 1 is 1.25 bits per heavy atom. The average molecular weight is 272 g/mol. The molecule has 1 aromatic carbocycles. The molecule has 0 N–H and O–H groups in total. The minimum absolute atomic E-state index is 0.0613. The van der Waals surface area contributed by atoms with Gasteiger partial charge in [-0.25, -0.2) is 4.39 Å². The number of rotatable bonds is 5. The number of pyridine rings is 1. The maximum atomic E-state index is 13.8. The number of carbonyl (C=O) groups excluding carboxylic acids is 1. The van der Waals surface area contributed by atoms with E-state index in [1.807, 2.05) is 24.1 Å². The van der Waals surface area contributed by atoms with Crippen LogP contribution in [0.25, 0.3) is 0 Å². The number of halogens is 1. The molecule has 4 heteroatoms. The molecule has 0 spiro atoms. The summed E-state index contributed by atoms with van der Waals surface area (Å²) >= 11 is 0. The Labute approximate surface area is 118 Å². The van der Waals surface area contributed by atoms with E-state index < -0.39 is 0 Å². The summed E-state index contributed by atoms with van der Waals surface area (Å²) in [7, 11) is 1.82. The fourth-order valence-corrected chi connectivity index (χ4v) is 1.99. The first-order chi connectivity index (χ1) is 9.58. The minimum Gasteiger partial charge on any atom is -0.372 e. The Morgan fingerprint density at radius 2 is 1.95 bits per heavy atom. The summed E-state index contributed by atoms with van der Waals surface area (Å²) in [6, 6.07) is 8.34. The highest BCUT2D eigenvalue weighted by Crippen LogP contribution is 2.20. The van der Waals surface area contributed by atoms with Gasteiger partial charge in [-0.05, 0) is 49.2 Å². The average Bonchev–Trinajstić information content (AvgIpc) is 2.46. The zero-order chi connectivity index (χ0) is 14.5. The van der Waals surface area contributed by atoms with E-state index in [2.05, 4.69) is 4.98 Å². The molecule has 0 aliphatic carbocycles. The molecular formula is C16H17FN2O. The van der Waals surface area contributed by atoms with Crippen molar-refractivity contribution in [2.45, 2.75) is 13.3 Å². The smallest absolute Gasteiger partial charge is 0.159 e. The molecule has 0 atom stereocenters. The highest BCUT2D eigenvalue weighted by molar-refractivity contribution is 5.95. The number of Topliss-reactive ketones (excluding diaryl/α,β-unsaturated/α-hetero) is 1. The summed E-state index contributed by atoms with van der Waals surface area (Å²) in [5.74, 6) is -0.374. The number of anilines is 1. The van der Waals surface area contributed by atoms with E-state index in [1.54, 1.807) is 18.5 Å². The number of benzene rings is 1. The number of aromatic nitrogens is 1.